The molecule has 2 heterocycles. The molecular formula is C17H27ClN2. The van der Waals surface area contributed by atoms with Crippen molar-refractivity contribution in [2.45, 2.75) is 64.8 Å². The summed E-state index contributed by atoms with van der Waals surface area (Å²) >= 11 is 6.08. The van der Waals surface area contributed by atoms with Gasteiger partial charge in [-0.2, -0.15) is 0 Å². The van der Waals surface area contributed by atoms with E-state index >= 15 is 0 Å². The Bertz CT molecular complexity index is 463. The van der Waals surface area contributed by atoms with Crippen LogP contribution in [-0.4, -0.2) is 17.6 Å². The lowest BCUT2D eigenvalue weighted by Gasteiger charge is -2.30. The Labute approximate surface area is 128 Å². The zero-order chi connectivity index (χ0) is 14.9. The number of pyridine rings is 1. The van der Waals surface area contributed by atoms with E-state index < -0.39 is 0 Å². The average Bonchev–Trinajstić information content (AvgIpc) is 2.86. The van der Waals surface area contributed by atoms with E-state index in [0.717, 1.165) is 18.1 Å². The first-order valence-electron chi connectivity index (χ1n) is 7.67. The van der Waals surface area contributed by atoms with Gasteiger partial charge in [0.05, 0.1) is 0 Å². The summed E-state index contributed by atoms with van der Waals surface area (Å²) < 4.78 is 0. The van der Waals surface area contributed by atoms with Crippen molar-refractivity contribution in [3.05, 3.63) is 23.4 Å². The molecule has 2 rings (SSSR count). The van der Waals surface area contributed by atoms with E-state index in [1.54, 1.807) is 0 Å². The molecule has 112 valence electrons. The fourth-order valence-corrected chi connectivity index (χ4v) is 3.10. The molecule has 0 N–H and O–H groups in total. The number of alkyl halides is 1. The van der Waals surface area contributed by atoms with Gasteiger partial charge in [-0.1, -0.05) is 34.6 Å². The van der Waals surface area contributed by atoms with Crippen LogP contribution in [-0.2, 0) is 11.3 Å². The third-order valence-electron chi connectivity index (χ3n) is 4.16. The maximum absolute atomic E-state index is 6.08. The second-order valence-electron chi connectivity index (χ2n) is 7.25. The molecule has 3 heteroatoms. The Hall–Kier alpha value is -0.760. The Kier molecular flexibility index (Phi) is 4.63. The van der Waals surface area contributed by atoms with E-state index in [2.05, 4.69) is 51.7 Å². The van der Waals surface area contributed by atoms with Crippen LogP contribution >= 0.6 is 11.6 Å². The fourth-order valence-electron chi connectivity index (χ4n) is 2.95. The minimum atomic E-state index is 0.0594. The van der Waals surface area contributed by atoms with Crippen LogP contribution in [0.4, 0.5) is 5.82 Å². The van der Waals surface area contributed by atoms with Crippen molar-refractivity contribution in [3.8, 4) is 0 Å². The molecule has 1 aromatic rings. The highest BCUT2D eigenvalue weighted by Gasteiger charge is 2.29. The van der Waals surface area contributed by atoms with Crippen molar-refractivity contribution in [2.75, 3.05) is 11.4 Å². The van der Waals surface area contributed by atoms with Gasteiger partial charge in [0.2, 0.25) is 0 Å². The number of anilines is 1. The molecule has 0 spiro atoms. The highest BCUT2D eigenvalue weighted by atomic mass is 35.5. The minimum absolute atomic E-state index is 0.0594. The predicted octanol–water partition coefficient (Wildman–Crippen LogP) is 4.74. The van der Waals surface area contributed by atoms with E-state index in [1.165, 1.54) is 18.4 Å². The van der Waals surface area contributed by atoms with Crippen molar-refractivity contribution >= 4 is 17.4 Å². The Morgan fingerprint density at radius 1 is 1.35 bits per heavy atom. The second-order valence-corrected chi connectivity index (χ2v) is 7.52. The zero-order valence-corrected chi connectivity index (χ0v) is 14.2. The third-order valence-corrected chi connectivity index (χ3v) is 4.47. The molecule has 1 aliphatic heterocycles. The van der Waals surface area contributed by atoms with Crippen LogP contribution in [0.25, 0.3) is 0 Å². The van der Waals surface area contributed by atoms with Gasteiger partial charge in [-0.25, -0.2) is 4.98 Å². The first-order chi connectivity index (χ1) is 9.32. The molecule has 1 aliphatic rings. The molecule has 1 unspecified atom stereocenters. The van der Waals surface area contributed by atoms with Crippen molar-refractivity contribution in [1.29, 1.82) is 0 Å². The summed E-state index contributed by atoms with van der Waals surface area (Å²) in [5.74, 6) is 2.33. The maximum atomic E-state index is 6.08. The molecule has 0 amide bonds. The number of halogens is 1. The van der Waals surface area contributed by atoms with Gasteiger partial charge < -0.3 is 4.90 Å². The standard InChI is InChI=1S/C17H27ClN2/c1-12(2)14-7-6-8-20(14)16-10-13(11-18)9-15(19-16)17(3,4)5/h9-10,12,14H,6-8,11H2,1-5H3. The molecule has 1 fully saturated rings. The van der Waals surface area contributed by atoms with Crippen LogP contribution in [0.3, 0.4) is 0 Å². The molecule has 1 aromatic heterocycles. The largest absolute Gasteiger partial charge is 0.353 e. The van der Waals surface area contributed by atoms with Crippen LogP contribution in [0.1, 0.15) is 58.7 Å². The van der Waals surface area contributed by atoms with Crippen molar-refractivity contribution in [3.63, 3.8) is 0 Å². The Morgan fingerprint density at radius 3 is 2.60 bits per heavy atom. The molecule has 0 radical (unpaired) electrons. The van der Waals surface area contributed by atoms with Crippen LogP contribution in [0.2, 0.25) is 0 Å². The summed E-state index contributed by atoms with van der Waals surface area (Å²) in [7, 11) is 0. The number of nitrogens with zero attached hydrogens (tertiary/aromatic N) is 2. The summed E-state index contributed by atoms with van der Waals surface area (Å²) in [5.41, 5.74) is 2.38. The van der Waals surface area contributed by atoms with E-state index in [0.29, 0.717) is 17.8 Å². The number of rotatable bonds is 3. The number of hydrogen-bond donors (Lipinski definition) is 0. The summed E-state index contributed by atoms with van der Waals surface area (Å²) in [4.78, 5) is 7.42. The van der Waals surface area contributed by atoms with Gasteiger partial charge in [0.25, 0.3) is 0 Å². The van der Waals surface area contributed by atoms with Gasteiger partial charge in [-0.3, -0.25) is 0 Å². The lowest BCUT2D eigenvalue weighted by atomic mass is 9.91. The van der Waals surface area contributed by atoms with E-state index in [1.807, 2.05) is 0 Å². The van der Waals surface area contributed by atoms with E-state index in [-0.39, 0.29) is 5.41 Å². The SMILES string of the molecule is CC(C)C1CCCN1c1cc(CCl)cc(C(C)(C)C)n1. The van der Waals surface area contributed by atoms with Gasteiger partial charge >= 0.3 is 0 Å². The topological polar surface area (TPSA) is 16.1 Å². The lowest BCUT2D eigenvalue weighted by molar-refractivity contribution is 0.487. The smallest absolute Gasteiger partial charge is 0.129 e. The highest BCUT2D eigenvalue weighted by Crippen LogP contribution is 2.31. The fraction of sp³-hybridized carbons (Fsp3) is 0.706. The summed E-state index contributed by atoms with van der Waals surface area (Å²) in [6, 6.07) is 4.93. The van der Waals surface area contributed by atoms with Crippen molar-refractivity contribution in [1.82, 2.24) is 4.98 Å². The van der Waals surface area contributed by atoms with Crippen LogP contribution in [0.15, 0.2) is 12.1 Å². The normalized spacial score (nSPS) is 19.9. The van der Waals surface area contributed by atoms with Gasteiger partial charge in [0.15, 0.2) is 0 Å². The number of aromatic nitrogens is 1. The van der Waals surface area contributed by atoms with Crippen molar-refractivity contribution in [2.24, 2.45) is 5.92 Å². The predicted molar refractivity (Wildman–Crippen MR) is 87.7 cm³/mol. The maximum Gasteiger partial charge on any atom is 0.129 e. The monoisotopic (exact) mass is 294 g/mol. The molecule has 0 saturated carbocycles. The van der Waals surface area contributed by atoms with Crippen LogP contribution < -0.4 is 4.90 Å². The Balaban J connectivity index is 2.40. The summed E-state index contributed by atoms with van der Waals surface area (Å²) in [5, 5.41) is 0. The summed E-state index contributed by atoms with van der Waals surface area (Å²) in [6.07, 6.45) is 2.54. The minimum Gasteiger partial charge on any atom is -0.353 e. The molecule has 0 aliphatic carbocycles. The van der Waals surface area contributed by atoms with Gasteiger partial charge in [-0.15, -0.1) is 11.6 Å². The molecule has 0 aromatic carbocycles. The molecular weight excluding hydrogens is 268 g/mol. The molecule has 1 saturated heterocycles. The third kappa shape index (κ3) is 3.28. The zero-order valence-electron chi connectivity index (χ0n) is 13.4. The van der Waals surface area contributed by atoms with Crippen LogP contribution in [0.5, 0.6) is 0 Å². The van der Waals surface area contributed by atoms with E-state index in [4.69, 9.17) is 16.6 Å². The lowest BCUT2D eigenvalue weighted by Crippen LogP contribution is -2.34. The molecule has 0 bridgehead atoms. The second kappa shape index (κ2) is 5.93. The average molecular weight is 295 g/mol. The number of hydrogen-bond acceptors (Lipinski definition) is 2. The summed E-state index contributed by atoms with van der Waals surface area (Å²) in [6.45, 7) is 12.4. The molecule has 2 nitrogen and oxygen atoms in total. The van der Waals surface area contributed by atoms with Gasteiger partial charge in [0, 0.05) is 29.6 Å². The quantitative estimate of drug-likeness (QED) is 0.748. The molecule has 1 atom stereocenters. The van der Waals surface area contributed by atoms with Crippen molar-refractivity contribution < 1.29 is 0 Å². The van der Waals surface area contributed by atoms with Gasteiger partial charge in [-0.05, 0) is 36.5 Å². The first kappa shape index (κ1) is 15.6. The Morgan fingerprint density at radius 2 is 2.05 bits per heavy atom. The molecule has 20 heavy (non-hydrogen) atoms. The first-order valence-corrected chi connectivity index (χ1v) is 8.20. The van der Waals surface area contributed by atoms with E-state index in [9.17, 15) is 0 Å². The highest BCUT2D eigenvalue weighted by molar-refractivity contribution is 6.17. The van der Waals surface area contributed by atoms with Crippen LogP contribution in [0, 0.1) is 5.92 Å². The van der Waals surface area contributed by atoms with Gasteiger partial charge in [0.1, 0.15) is 5.82 Å².